The first kappa shape index (κ1) is 17.6. The van der Waals surface area contributed by atoms with Crippen LogP contribution >= 0.6 is 11.8 Å². The van der Waals surface area contributed by atoms with Gasteiger partial charge >= 0.3 is 0 Å². The van der Waals surface area contributed by atoms with E-state index in [4.69, 9.17) is 4.74 Å². The van der Waals surface area contributed by atoms with Gasteiger partial charge in [0.25, 0.3) is 0 Å². The highest BCUT2D eigenvalue weighted by Gasteiger charge is 2.15. The zero-order valence-corrected chi connectivity index (χ0v) is 14.5. The van der Waals surface area contributed by atoms with Crippen molar-refractivity contribution < 1.29 is 14.2 Å². The van der Waals surface area contributed by atoms with Crippen molar-refractivity contribution in [1.29, 1.82) is 0 Å². The molecule has 1 unspecified atom stereocenters. The van der Waals surface area contributed by atoms with Gasteiger partial charge in [0.05, 0.1) is 17.1 Å². The van der Waals surface area contributed by atoms with Gasteiger partial charge in [-0.1, -0.05) is 11.8 Å². The Hall–Kier alpha value is -2.22. The standard InChI is InChI=1S/C18H18FN3O2S/c1-2-24-15(23)11-25-18-21-16(12-3-5-14(19)6-4-12)17(22-18)13-7-9-20-10-8-13/h3-10,15,23H,2,11H2,1H3,(H,21,22). The van der Waals surface area contributed by atoms with Crippen molar-refractivity contribution in [1.82, 2.24) is 15.0 Å². The number of ether oxygens (including phenoxy) is 1. The zero-order valence-electron chi connectivity index (χ0n) is 13.6. The molecule has 7 heteroatoms. The quantitative estimate of drug-likeness (QED) is 0.497. The molecule has 0 fully saturated rings. The van der Waals surface area contributed by atoms with Crippen LogP contribution in [0.2, 0.25) is 0 Å². The van der Waals surface area contributed by atoms with Crippen LogP contribution in [-0.4, -0.2) is 38.7 Å². The normalized spacial score (nSPS) is 12.3. The van der Waals surface area contributed by atoms with Crippen LogP contribution in [-0.2, 0) is 4.74 Å². The molecule has 0 saturated heterocycles. The van der Waals surface area contributed by atoms with Crippen LogP contribution in [0.25, 0.3) is 22.5 Å². The summed E-state index contributed by atoms with van der Waals surface area (Å²) in [4.78, 5) is 11.9. The maximum atomic E-state index is 13.2. The summed E-state index contributed by atoms with van der Waals surface area (Å²) in [6.07, 6.45) is 2.56. The Morgan fingerprint density at radius 1 is 1.16 bits per heavy atom. The van der Waals surface area contributed by atoms with E-state index in [2.05, 4.69) is 15.0 Å². The highest BCUT2D eigenvalue weighted by molar-refractivity contribution is 7.99. The summed E-state index contributed by atoms with van der Waals surface area (Å²) in [5.41, 5.74) is 3.28. The predicted molar refractivity (Wildman–Crippen MR) is 95.6 cm³/mol. The lowest BCUT2D eigenvalue weighted by Crippen LogP contribution is -2.14. The SMILES string of the molecule is CCOC(O)CSc1nc(-c2ccc(F)cc2)c(-c2ccncc2)[nH]1. The molecule has 2 N–H and O–H groups in total. The van der Waals surface area contributed by atoms with E-state index in [9.17, 15) is 9.50 Å². The van der Waals surface area contributed by atoms with Gasteiger partial charge in [0.2, 0.25) is 0 Å². The Bertz CT molecular complexity index is 809. The number of aromatic amines is 1. The van der Waals surface area contributed by atoms with Crippen LogP contribution in [0.4, 0.5) is 4.39 Å². The molecule has 1 atom stereocenters. The van der Waals surface area contributed by atoms with Crippen molar-refractivity contribution in [3.63, 3.8) is 0 Å². The van der Waals surface area contributed by atoms with Gasteiger partial charge in [-0.2, -0.15) is 0 Å². The van der Waals surface area contributed by atoms with Gasteiger partial charge in [-0.15, -0.1) is 0 Å². The highest BCUT2D eigenvalue weighted by atomic mass is 32.2. The first-order valence-electron chi connectivity index (χ1n) is 7.86. The maximum Gasteiger partial charge on any atom is 0.166 e. The van der Waals surface area contributed by atoms with Crippen molar-refractivity contribution in [3.05, 3.63) is 54.6 Å². The fraction of sp³-hybridized carbons (Fsp3) is 0.222. The van der Waals surface area contributed by atoms with E-state index in [1.54, 1.807) is 24.5 Å². The molecule has 0 amide bonds. The van der Waals surface area contributed by atoms with Crippen molar-refractivity contribution >= 4 is 11.8 Å². The molecule has 0 bridgehead atoms. The molecule has 2 aromatic heterocycles. The van der Waals surface area contributed by atoms with E-state index >= 15 is 0 Å². The van der Waals surface area contributed by atoms with Gasteiger partial charge in [0.15, 0.2) is 11.4 Å². The Morgan fingerprint density at radius 3 is 2.56 bits per heavy atom. The summed E-state index contributed by atoms with van der Waals surface area (Å²) in [7, 11) is 0. The number of imidazole rings is 1. The molecule has 0 saturated carbocycles. The van der Waals surface area contributed by atoms with E-state index in [1.807, 2.05) is 19.1 Å². The number of hydrogen-bond acceptors (Lipinski definition) is 5. The number of aliphatic hydroxyl groups is 1. The minimum absolute atomic E-state index is 0.292. The van der Waals surface area contributed by atoms with Crippen LogP contribution in [0.15, 0.2) is 53.9 Å². The van der Waals surface area contributed by atoms with E-state index < -0.39 is 6.29 Å². The van der Waals surface area contributed by atoms with Crippen molar-refractivity contribution in [3.8, 4) is 22.5 Å². The summed E-state index contributed by atoms with van der Waals surface area (Å²) >= 11 is 1.36. The zero-order chi connectivity index (χ0) is 17.6. The lowest BCUT2D eigenvalue weighted by molar-refractivity contribution is -0.0765. The fourth-order valence-corrected chi connectivity index (χ4v) is 3.08. The molecule has 0 radical (unpaired) electrons. The third-order valence-corrected chi connectivity index (χ3v) is 4.41. The number of pyridine rings is 1. The number of rotatable bonds is 7. The number of nitrogens with one attached hydrogen (secondary N) is 1. The smallest absolute Gasteiger partial charge is 0.166 e. The molecular weight excluding hydrogens is 341 g/mol. The number of halogens is 1. The Balaban J connectivity index is 1.93. The molecule has 25 heavy (non-hydrogen) atoms. The number of hydrogen-bond donors (Lipinski definition) is 2. The number of benzene rings is 1. The number of H-pyrrole nitrogens is 1. The summed E-state index contributed by atoms with van der Waals surface area (Å²) < 4.78 is 18.4. The highest BCUT2D eigenvalue weighted by Crippen LogP contribution is 2.32. The molecule has 3 rings (SSSR count). The maximum absolute atomic E-state index is 13.2. The second-order valence-electron chi connectivity index (χ2n) is 5.23. The Labute approximate surface area is 149 Å². The predicted octanol–water partition coefficient (Wildman–Crippen LogP) is 3.72. The Kier molecular flexibility index (Phi) is 5.80. The number of aromatic nitrogens is 3. The van der Waals surface area contributed by atoms with E-state index in [-0.39, 0.29) is 5.82 Å². The molecule has 0 aliphatic rings. The average Bonchev–Trinajstić information content (AvgIpc) is 3.06. The average molecular weight is 359 g/mol. The lowest BCUT2D eigenvalue weighted by Gasteiger charge is -2.07. The second kappa shape index (κ2) is 8.24. The molecule has 0 aliphatic carbocycles. The number of nitrogens with zero attached hydrogens (tertiary/aromatic N) is 2. The fourth-order valence-electron chi connectivity index (χ4n) is 2.35. The molecule has 130 valence electrons. The van der Waals surface area contributed by atoms with Crippen LogP contribution in [0, 0.1) is 5.82 Å². The van der Waals surface area contributed by atoms with Crippen LogP contribution < -0.4 is 0 Å². The molecule has 2 heterocycles. The van der Waals surface area contributed by atoms with E-state index in [1.165, 1.54) is 23.9 Å². The van der Waals surface area contributed by atoms with Gasteiger partial charge in [-0.25, -0.2) is 9.37 Å². The topological polar surface area (TPSA) is 71.0 Å². The first-order valence-corrected chi connectivity index (χ1v) is 8.84. The van der Waals surface area contributed by atoms with Crippen molar-refractivity contribution in [2.24, 2.45) is 0 Å². The molecule has 1 aromatic carbocycles. The first-order chi connectivity index (χ1) is 12.2. The molecule has 3 aromatic rings. The lowest BCUT2D eigenvalue weighted by atomic mass is 10.1. The van der Waals surface area contributed by atoms with E-state index in [0.717, 1.165) is 22.5 Å². The Morgan fingerprint density at radius 2 is 1.88 bits per heavy atom. The van der Waals surface area contributed by atoms with Gasteiger partial charge in [-0.05, 0) is 43.3 Å². The van der Waals surface area contributed by atoms with Gasteiger partial charge in [-0.3, -0.25) is 4.98 Å². The van der Waals surface area contributed by atoms with Gasteiger partial charge in [0.1, 0.15) is 5.82 Å². The van der Waals surface area contributed by atoms with Gasteiger partial charge < -0.3 is 14.8 Å². The summed E-state index contributed by atoms with van der Waals surface area (Å²) in [5, 5.41) is 10.4. The van der Waals surface area contributed by atoms with Crippen LogP contribution in [0.3, 0.4) is 0 Å². The van der Waals surface area contributed by atoms with Crippen LogP contribution in [0.1, 0.15) is 6.92 Å². The third kappa shape index (κ3) is 4.45. The largest absolute Gasteiger partial charge is 0.367 e. The second-order valence-corrected chi connectivity index (χ2v) is 6.24. The monoisotopic (exact) mass is 359 g/mol. The molecule has 5 nitrogen and oxygen atoms in total. The van der Waals surface area contributed by atoms with Crippen LogP contribution in [0.5, 0.6) is 0 Å². The van der Waals surface area contributed by atoms with Gasteiger partial charge in [0, 0.05) is 30.1 Å². The third-order valence-electron chi connectivity index (χ3n) is 3.49. The molecular formula is C18H18FN3O2S. The molecule has 0 aliphatic heterocycles. The summed E-state index contributed by atoms with van der Waals surface area (Å²) in [5.74, 6) is 0.0687. The molecule has 0 spiro atoms. The van der Waals surface area contributed by atoms with Crippen molar-refractivity contribution in [2.45, 2.75) is 18.4 Å². The minimum atomic E-state index is -0.848. The minimum Gasteiger partial charge on any atom is -0.367 e. The number of thioether (sulfide) groups is 1. The number of aliphatic hydroxyl groups excluding tert-OH is 1. The summed E-state index contributed by atoms with van der Waals surface area (Å²) in [6.45, 7) is 2.28. The van der Waals surface area contributed by atoms with Crippen molar-refractivity contribution in [2.75, 3.05) is 12.4 Å². The van der Waals surface area contributed by atoms with E-state index in [0.29, 0.717) is 17.5 Å². The summed E-state index contributed by atoms with van der Waals surface area (Å²) in [6, 6.07) is 9.96.